The van der Waals surface area contributed by atoms with E-state index >= 15 is 0 Å². The quantitative estimate of drug-likeness (QED) is 0.711. The molecule has 1 aromatic carbocycles. The van der Waals surface area contributed by atoms with Gasteiger partial charge in [0.15, 0.2) is 5.82 Å². The molecule has 1 aromatic heterocycles. The Morgan fingerprint density at radius 3 is 2.67 bits per heavy atom. The van der Waals surface area contributed by atoms with E-state index in [4.69, 9.17) is 0 Å². The summed E-state index contributed by atoms with van der Waals surface area (Å²) < 4.78 is 53.9. The summed E-state index contributed by atoms with van der Waals surface area (Å²) in [6.07, 6.45) is 1.22. The Labute approximate surface area is 119 Å². The van der Waals surface area contributed by atoms with E-state index in [1.807, 2.05) is 0 Å². The maximum absolute atomic E-state index is 14.1. The fourth-order valence-corrected chi connectivity index (χ4v) is 2.77. The summed E-state index contributed by atoms with van der Waals surface area (Å²) in [6, 6.07) is 1.80. The van der Waals surface area contributed by atoms with Gasteiger partial charge in [-0.1, -0.05) is 0 Å². The normalized spacial score (nSPS) is 11.8. The minimum atomic E-state index is -4.13. The number of H-pyrrole nitrogens is 1. The molecule has 0 spiro atoms. The second kappa shape index (κ2) is 6.24. The average Bonchev–Trinajstić information content (AvgIpc) is 2.94. The van der Waals surface area contributed by atoms with Crippen LogP contribution in [-0.4, -0.2) is 30.6 Å². The molecule has 114 valence electrons. The molecule has 0 unspecified atom stereocenters. The molecule has 0 fully saturated rings. The molecule has 2 rings (SSSR count). The van der Waals surface area contributed by atoms with Crippen molar-refractivity contribution in [2.45, 2.75) is 18.0 Å². The number of aromatic nitrogens is 3. The van der Waals surface area contributed by atoms with E-state index < -0.39 is 26.6 Å². The Bertz CT molecular complexity index is 718. The van der Waals surface area contributed by atoms with Gasteiger partial charge in [0.2, 0.25) is 10.0 Å². The molecule has 21 heavy (non-hydrogen) atoms. The third-order valence-corrected chi connectivity index (χ3v) is 4.11. The lowest BCUT2D eigenvalue weighted by molar-refractivity contribution is 0.517. The van der Waals surface area contributed by atoms with Gasteiger partial charge in [-0.15, -0.1) is 0 Å². The molecule has 0 saturated heterocycles. The van der Waals surface area contributed by atoms with Crippen molar-refractivity contribution in [3.8, 4) is 0 Å². The predicted octanol–water partition coefficient (Wildman–Crippen LogP) is 0.281. The van der Waals surface area contributed by atoms with Crippen LogP contribution < -0.4 is 10.0 Å². The number of nitrogens with zero attached hydrogens (tertiary/aromatic N) is 2. The van der Waals surface area contributed by atoms with E-state index in [9.17, 15) is 17.2 Å². The molecule has 7 nitrogen and oxygen atoms in total. The molecule has 0 amide bonds. The second-order valence-electron chi connectivity index (χ2n) is 4.13. The summed E-state index contributed by atoms with van der Waals surface area (Å²) in [4.78, 5) is 3.12. The summed E-state index contributed by atoms with van der Waals surface area (Å²) in [5.41, 5.74) is -0.333. The zero-order chi connectivity index (χ0) is 15.5. The highest BCUT2D eigenvalue weighted by Crippen LogP contribution is 2.21. The minimum Gasteiger partial charge on any atom is -0.315 e. The van der Waals surface area contributed by atoms with Crippen molar-refractivity contribution in [1.29, 1.82) is 0 Å². The molecule has 0 saturated carbocycles. The van der Waals surface area contributed by atoms with E-state index in [0.717, 1.165) is 12.1 Å². The molecular formula is C11H13F2N5O2S. The van der Waals surface area contributed by atoms with Gasteiger partial charge in [-0.3, -0.25) is 5.10 Å². The fourth-order valence-electron chi connectivity index (χ4n) is 1.68. The molecule has 0 bridgehead atoms. The highest BCUT2D eigenvalue weighted by molar-refractivity contribution is 7.89. The van der Waals surface area contributed by atoms with Gasteiger partial charge >= 0.3 is 0 Å². The molecule has 10 heteroatoms. The van der Waals surface area contributed by atoms with Crippen LogP contribution in [0.5, 0.6) is 0 Å². The first-order valence-corrected chi connectivity index (χ1v) is 7.39. The molecular weight excluding hydrogens is 304 g/mol. The maximum atomic E-state index is 14.1. The average molecular weight is 317 g/mol. The Balaban J connectivity index is 2.29. The Morgan fingerprint density at radius 2 is 2.05 bits per heavy atom. The fraction of sp³-hybridized carbons (Fsp3) is 0.273. The van der Waals surface area contributed by atoms with Crippen LogP contribution in [0.1, 0.15) is 11.4 Å². The lowest BCUT2D eigenvalue weighted by atomic mass is 10.2. The Hall–Kier alpha value is -1.91. The van der Waals surface area contributed by atoms with Gasteiger partial charge in [-0.05, 0) is 19.2 Å². The number of benzene rings is 1. The highest BCUT2D eigenvalue weighted by atomic mass is 32.2. The first-order valence-electron chi connectivity index (χ1n) is 5.91. The van der Waals surface area contributed by atoms with Crippen LogP contribution in [0.4, 0.5) is 8.78 Å². The van der Waals surface area contributed by atoms with Crippen LogP contribution >= 0.6 is 0 Å². The topological polar surface area (TPSA) is 99.8 Å². The van der Waals surface area contributed by atoms with Crippen molar-refractivity contribution in [3.63, 3.8) is 0 Å². The predicted molar refractivity (Wildman–Crippen MR) is 69.5 cm³/mol. The summed E-state index contributed by atoms with van der Waals surface area (Å²) in [5.74, 6) is -1.65. The largest absolute Gasteiger partial charge is 0.315 e. The standard InChI is InChI=1S/C11H13F2N5O2S/c1-14-4-7-8(12)2-3-9(11(7)13)21(19,20)17-5-10-15-6-16-18-10/h2-3,6,14,17H,4-5H2,1H3,(H,15,16,18). The van der Waals surface area contributed by atoms with E-state index in [-0.39, 0.29) is 24.5 Å². The summed E-state index contributed by atoms with van der Waals surface area (Å²) in [7, 11) is -2.63. The molecule has 1 heterocycles. The smallest absolute Gasteiger partial charge is 0.243 e. The molecule has 3 N–H and O–H groups in total. The van der Waals surface area contributed by atoms with Crippen LogP contribution in [0.25, 0.3) is 0 Å². The van der Waals surface area contributed by atoms with Crippen molar-refractivity contribution in [3.05, 3.63) is 41.5 Å². The third kappa shape index (κ3) is 3.40. The number of sulfonamides is 1. The highest BCUT2D eigenvalue weighted by Gasteiger charge is 2.23. The molecule has 0 radical (unpaired) electrons. The number of hydrogen-bond donors (Lipinski definition) is 3. The Morgan fingerprint density at radius 1 is 1.29 bits per heavy atom. The zero-order valence-electron chi connectivity index (χ0n) is 11.0. The van der Waals surface area contributed by atoms with E-state index in [1.54, 1.807) is 0 Å². The third-order valence-electron chi connectivity index (χ3n) is 2.69. The van der Waals surface area contributed by atoms with Crippen molar-refractivity contribution in [1.82, 2.24) is 25.2 Å². The Kier molecular flexibility index (Phi) is 4.60. The van der Waals surface area contributed by atoms with Crippen LogP contribution in [0.3, 0.4) is 0 Å². The van der Waals surface area contributed by atoms with Crippen molar-refractivity contribution in [2.24, 2.45) is 0 Å². The molecule has 2 aromatic rings. The number of aromatic amines is 1. The number of nitrogens with one attached hydrogen (secondary N) is 3. The van der Waals surface area contributed by atoms with E-state index in [2.05, 4.69) is 25.2 Å². The second-order valence-corrected chi connectivity index (χ2v) is 5.86. The van der Waals surface area contributed by atoms with Crippen LogP contribution in [0, 0.1) is 11.6 Å². The summed E-state index contributed by atoms with van der Waals surface area (Å²) in [6.45, 7) is -0.302. The number of hydrogen-bond acceptors (Lipinski definition) is 5. The molecule has 0 atom stereocenters. The van der Waals surface area contributed by atoms with Crippen molar-refractivity contribution < 1.29 is 17.2 Å². The number of halogens is 2. The first-order chi connectivity index (χ1) is 9.95. The van der Waals surface area contributed by atoms with Gasteiger partial charge in [0, 0.05) is 12.1 Å². The lowest BCUT2D eigenvalue weighted by Gasteiger charge is -2.10. The number of rotatable bonds is 6. The van der Waals surface area contributed by atoms with Crippen molar-refractivity contribution >= 4 is 10.0 Å². The van der Waals surface area contributed by atoms with Crippen molar-refractivity contribution in [2.75, 3.05) is 7.05 Å². The molecule has 0 aliphatic carbocycles. The van der Waals surface area contributed by atoms with Gasteiger partial charge < -0.3 is 5.32 Å². The van der Waals surface area contributed by atoms with E-state index in [1.165, 1.54) is 13.4 Å². The minimum absolute atomic E-state index is 0.122. The van der Waals surface area contributed by atoms with Gasteiger partial charge in [-0.25, -0.2) is 26.9 Å². The maximum Gasteiger partial charge on any atom is 0.243 e. The molecule has 0 aliphatic rings. The lowest BCUT2D eigenvalue weighted by Crippen LogP contribution is -2.25. The van der Waals surface area contributed by atoms with Gasteiger partial charge in [0.1, 0.15) is 22.9 Å². The van der Waals surface area contributed by atoms with Crippen LogP contribution in [-0.2, 0) is 23.1 Å². The summed E-state index contributed by atoms with van der Waals surface area (Å²) >= 11 is 0. The van der Waals surface area contributed by atoms with Crippen LogP contribution in [0.15, 0.2) is 23.4 Å². The van der Waals surface area contributed by atoms with Gasteiger partial charge in [-0.2, -0.15) is 5.10 Å². The SMILES string of the molecule is CNCc1c(F)ccc(S(=O)(=O)NCc2ncn[nH]2)c1F. The van der Waals surface area contributed by atoms with Gasteiger partial charge in [0.25, 0.3) is 0 Å². The first kappa shape index (κ1) is 15.5. The van der Waals surface area contributed by atoms with E-state index in [0.29, 0.717) is 0 Å². The monoisotopic (exact) mass is 317 g/mol. The molecule has 0 aliphatic heterocycles. The van der Waals surface area contributed by atoms with Crippen LogP contribution in [0.2, 0.25) is 0 Å². The van der Waals surface area contributed by atoms with Gasteiger partial charge in [0.05, 0.1) is 6.54 Å². The zero-order valence-corrected chi connectivity index (χ0v) is 11.8. The summed E-state index contributed by atoms with van der Waals surface area (Å²) in [5, 5.41) is 8.61.